The molecule has 78 valence electrons. The zero-order chi connectivity index (χ0) is 10.4. The van der Waals surface area contributed by atoms with Crippen molar-refractivity contribution in [1.82, 2.24) is 9.97 Å². The van der Waals surface area contributed by atoms with Crippen molar-refractivity contribution < 1.29 is 0 Å². The van der Waals surface area contributed by atoms with Crippen LogP contribution in [0.25, 0.3) is 0 Å². The molecule has 4 nitrogen and oxygen atoms in total. The lowest BCUT2D eigenvalue weighted by molar-refractivity contribution is 0.826. The van der Waals surface area contributed by atoms with E-state index >= 15 is 0 Å². The number of thioether (sulfide) groups is 1. The average molecular weight is 212 g/mol. The van der Waals surface area contributed by atoms with Crippen LogP contribution in [0.15, 0.2) is 11.2 Å². The molecule has 1 heterocycles. The molecule has 0 aromatic carbocycles. The van der Waals surface area contributed by atoms with Gasteiger partial charge in [-0.1, -0.05) is 25.1 Å². The smallest absolute Gasteiger partial charge is 0.191 e. The summed E-state index contributed by atoms with van der Waals surface area (Å²) in [6.45, 7) is 3.09. The molecule has 0 saturated carbocycles. The third-order valence-corrected chi connectivity index (χ3v) is 2.29. The Balaban J connectivity index is 2.62. The summed E-state index contributed by atoms with van der Waals surface area (Å²) < 4.78 is 0. The molecule has 0 fully saturated rings. The number of nitrogens with two attached hydrogens (primary N) is 1. The van der Waals surface area contributed by atoms with Crippen LogP contribution in [-0.2, 0) is 0 Å². The predicted octanol–water partition coefficient (Wildman–Crippen LogP) is 1.99. The quantitative estimate of drug-likeness (QED) is 0.444. The first-order chi connectivity index (χ1) is 6.76. The number of unbranched alkanes of at least 4 members (excludes halogenated alkanes) is 1. The van der Waals surface area contributed by atoms with Gasteiger partial charge in [-0.3, -0.25) is 0 Å². The van der Waals surface area contributed by atoms with Gasteiger partial charge in [-0.05, 0) is 12.7 Å². The molecule has 0 aliphatic heterocycles. The lowest BCUT2D eigenvalue weighted by atomic mass is 10.3. The summed E-state index contributed by atoms with van der Waals surface area (Å²) in [4.78, 5) is 8.35. The van der Waals surface area contributed by atoms with Crippen molar-refractivity contribution in [3.8, 4) is 0 Å². The van der Waals surface area contributed by atoms with Crippen LogP contribution in [0.1, 0.15) is 19.8 Å². The van der Waals surface area contributed by atoms with Crippen molar-refractivity contribution in [1.29, 1.82) is 0 Å². The van der Waals surface area contributed by atoms with Crippen LogP contribution >= 0.6 is 11.8 Å². The average Bonchev–Trinajstić information content (AvgIpc) is 2.17. The molecule has 0 spiro atoms. The Bertz CT molecular complexity index is 290. The second kappa shape index (κ2) is 5.70. The van der Waals surface area contributed by atoms with Gasteiger partial charge in [0.25, 0.3) is 0 Å². The minimum atomic E-state index is 0.517. The normalized spacial score (nSPS) is 10.1. The standard InChI is InChI=1S/C9H16N4S/c1-3-4-5-11-8-6-7(10)12-9(13-8)14-2/h6H,3-5H2,1-2H3,(H3,10,11,12,13). The molecule has 0 unspecified atom stereocenters. The van der Waals surface area contributed by atoms with Crippen molar-refractivity contribution in [3.63, 3.8) is 0 Å². The van der Waals surface area contributed by atoms with Gasteiger partial charge in [0.1, 0.15) is 11.6 Å². The number of aromatic nitrogens is 2. The van der Waals surface area contributed by atoms with Crippen LogP contribution in [0.4, 0.5) is 11.6 Å². The highest BCUT2D eigenvalue weighted by Crippen LogP contribution is 2.14. The zero-order valence-corrected chi connectivity index (χ0v) is 9.40. The van der Waals surface area contributed by atoms with Gasteiger partial charge in [0.15, 0.2) is 5.16 Å². The molecule has 14 heavy (non-hydrogen) atoms. The third kappa shape index (κ3) is 3.41. The van der Waals surface area contributed by atoms with Gasteiger partial charge in [-0.15, -0.1) is 0 Å². The monoisotopic (exact) mass is 212 g/mol. The minimum absolute atomic E-state index is 0.517. The topological polar surface area (TPSA) is 63.8 Å². The largest absolute Gasteiger partial charge is 0.383 e. The second-order valence-electron chi connectivity index (χ2n) is 2.95. The van der Waals surface area contributed by atoms with Crippen LogP contribution in [0.5, 0.6) is 0 Å². The molecule has 0 aliphatic carbocycles. The van der Waals surface area contributed by atoms with Crippen molar-refractivity contribution in [3.05, 3.63) is 6.07 Å². The van der Waals surface area contributed by atoms with Gasteiger partial charge in [0.2, 0.25) is 0 Å². The number of nitrogens with one attached hydrogen (secondary N) is 1. The van der Waals surface area contributed by atoms with E-state index in [-0.39, 0.29) is 0 Å². The maximum Gasteiger partial charge on any atom is 0.191 e. The molecule has 0 amide bonds. The van der Waals surface area contributed by atoms with Gasteiger partial charge >= 0.3 is 0 Å². The number of nitrogen functional groups attached to an aromatic ring is 1. The molecule has 0 saturated heterocycles. The molecule has 5 heteroatoms. The van der Waals surface area contributed by atoms with Crippen LogP contribution in [0.2, 0.25) is 0 Å². The molecule has 1 rings (SSSR count). The van der Waals surface area contributed by atoms with Gasteiger partial charge in [0, 0.05) is 12.6 Å². The molecular weight excluding hydrogens is 196 g/mol. The van der Waals surface area contributed by atoms with E-state index in [1.807, 2.05) is 6.26 Å². The van der Waals surface area contributed by atoms with E-state index in [4.69, 9.17) is 5.73 Å². The zero-order valence-electron chi connectivity index (χ0n) is 8.58. The molecule has 0 radical (unpaired) electrons. The number of hydrogen-bond donors (Lipinski definition) is 2. The fourth-order valence-electron chi connectivity index (χ4n) is 1.02. The lowest BCUT2D eigenvalue weighted by Gasteiger charge is -2.06. The van der Waals surface area contributed by atoms with E-state index in [9.17, 15) is 0 Å². The minimum Gasteiger partial charge on any atom is -0.383 e. The first-order valence-corrected chi connectivity index (χ1v) is 5.91. The van der Waals surface area contributed by atoms with Gasteiger partial charge in [0.05, 0.1) is 0 Å². The summed E-state index contributed by atoms with van der Waals surface area (Å²) in [5.74, 6) is 1.33. The van der Waals surface area contributed by atoms with Crippen LogP contribution in [0.3, 0.4) is 0 Å². The number of nitrogens with zero attached hydrogens (tertiary/aromatic N) is 2. The molecule has 1 aromatic rings. The molecular formula is C9H16N4S. The van der Waals surface area contributed by atoms with E-state index < -0.39 is 0 Å². The van der Waals surface area contributed by atoms with Crippen LogP contribution < -0.4 is 11.1 Å². The molecule has 1 aromatic heterocycles. The van der Waals surface area contributed by atoms with E-state index in [1.54, 1.807) is 6.07 Å². The summed E-state index contributed by atoms with van der Waals surface area (Å²) in [6, 6.07) is 1.76. The Labute approximate surface area is 88.7 Å². The van der Waals surface area contributed by atoms with Gasteiger partial charge < -0.3 is 11.1 Å². The van der Waals surface area contributed by atoms with Crippen LogP contribution in [0, 0.1) is 0 Å². The van der Waals surface area contributed by atoms with Crippen molar-refractivity contribution in [2.24, 2.45) is 0 Å². The fraction of sp³-hybridized carbons (Fsp3) is 0.556. The molecule has 0 bridgehead atoms. The predicted molar refractivity (Wildman–Crippen MR) is 61.6 cm³/mol. The van der Waals surface area contributed by atoms with E-state index in [1.165, 1.54) is 18.2 Å². The first-order valence-electron chi connectivity index (χ1n) is 4.68. The highest BCUT2D eigenvalue weighted by atomic mass is 32.2. The van der Waals surface area contributed by atoms with E-state index in [0.717, 1.165) is 18.8 Å². The SMILES string of the molecule is CCCCNc1cc(N)nc(SC)n1. The van der Waals surface area contributed by atoms with E-state index in [0.29, 0.717) is 11.0 Å². The van der Waals surface area contributed by atoms with Crippen molar-refractivity contribution in [2.75, 3.05) is 23.9 Å². The number of anilines is 2. The maximum absolute atomic E-state index is 5.63. The summed E-state index contributed by atoms with van der Waals surface area (Å²) in [5.41, 5.74) is 5.63. The number of hydrogen-bond acceptors (Lipinski definition) is 5. The Morgan fingerprint density at radius 3 is 2.93 bits per heavy atom. The Morgan fingerprint density at radius 2 is 2.29 bits per heavy atom. The molecule has 0 atom stereocenters. The van der Waals surface area contributed by atoms with E-state index in [2.05, 4.69) is 22.2 Å². The van der Waals surface area contributed by atoms with Crippen LogP contribution in [-0.4, -0.2) is 22.8 Å². The third-order valence-electron chi connectivity index (χ3n) is 1.74. The Morgan fingerprint density at radius 1 is 1.50 bits per heavy atom. The Hall–Kier alpha value is -0.970. The number of rotatable bonds is 5. The highest BCUT2D eigenvalue weighted by Gasteiger charge is 2.00. The van der Waals surface area contributed by atoms with Gasteiger partial charge in [-0.2, -0.15) is 0 Å². The molecule has 0 aliphatic rings. The highest BCUT2D eigenvalue weighted by molar-refractivity contribution is 7.98. The van der Waals surface area contributed by atoms with Gasteiger partial charge in [-0.25, -0.2) is 9.97 Å². The maximum atomic E-state index is 5.63. The van der Waals surface area contributed by atoms with Crippen molar-refractivity contribution in [2.45, 2.75) is 24.9 Å². The Kier molecular flexibility index (Phi) is 4.52. The summed E-state index contributed by atoms with van der Waals surface area (Å²) in [7, 11) is 0. The second-order valence-corrected chi connectivity index (χ2v) is 3.72. The molecule has 3 N–H and O–H groups in total. The summed E-state index contributed by atoms with van der Waals surface area (Å²) in [6.07, 6.45) is 4.24. The first kappa shape index (κ1) is 11.1. The fourth-order valence-corrected chi connectivity index (χ4v) is 1.40. The van der Waals surface area contributed by atoms with Crippen molar-refractivity contribution >= 4 is 23.4 Å². The lowest BCUT2D eigenvalue weighted by Crippen LogP contribution is -2.05. The summed E-state index contributed by atoms with van der Waals surface area (Å²) >= 11 is 1.49. The summed E-state index contributed by atoms with van der Waals surface area (Å²) in [5, 5.41) is 3.93.